The number of nitrogens with zero attached hydrogens (tertiary/aromatic N) is 1. The van der Waals surface area contributed by atoms with Gasteiger partial charge in [0.05, 0.1) is 17.6 Å². The summed E-state index contributed by atoms with van der Waals surface area (Å²) in [5.41, 5.74) is 7.89. The lowest BCUT2D eigenvalue weighted by Crippen LogP contribution is -2.32. The Morgan fingerprint density at radius 3 is 2.44 bits per heavy atom. The first kappa shape index (κ1) is 22.4. The molecule has 166 valence electrons. The lowest BCUT2D eigenvalue weighted by molar-refractivity contribution is 0.0523. The zero-order chi connectivity index (χ0) is 22.8. The molecule has 3 N–H and O–H groups in total. The van der Waals surface area contributed by atoms with Crippen molar-refractivity contribution in [3.8, 4) is 23.5 Å². The van der Waals surface area contributed by atoms with Gasteiger partial charge < -0.3 is 24.1 Å². The fraction of sp³-hybridized carbons (Fsp3) is 0.217. The number of carbonyl (C=O) groups excluding carboxylic acids is 1. The van der Waals surface area contributed by atoms with Gasteiger partial charge >= 0.3 is 6.09 Å². The maximum Gasteiger partial charge on any atom is 0.407 e. The number of amides is 1. The third kappa shape index (κ3) is 7.18. The van der Waals surface area contributed by atoms with Gasteiger partial charge in [-0.15, -0.1) is 0 Å². The Kier molecular flexibility index (Phi) is 7.43. The van der Waals surface area contributed by atoms with Gasteiger partial charge in [-0.05, 0) is 56.7 Å². The summed E-state index contributed by atoms with van der Waals surface area (Å²) in [5.74, 6) is 0.679. The van der Waals surface area contributed by atoms with Gasteiger partial charge in [0.1, 0.15) is 5.60 Å². The normalized spacial score (nSPS) is 10.3. The minimum Gasteiger partial charge on any atom is -0.444 e. The molecule has 1 heterocycles. The van der Waals surface area contributed by atoms with E-state index >= 15 is 0 Å². The number of hydrogen-bond acceptors (Lipinski definition) is 8. The van der Waals surface area contributed by atoms with Crippen molar-refractivity contribution < 1.29 is 23.6 Å². The Labute approximate surface area is 186 Å². The molecular weight excluding hydrogens is 412 g/mol. The number of hydrogen-bond donors (Lipinski definition) is 3. The maximum atomic E-state index is 11.8. The van der Waals surface area contributed by atoms with Crippen LogP contribution in [0.2, 0.25) is 0 Å². The zero-order valence-electron chi connectivity index (χ0n) is 18.0. The smallest absolute Gasteiger partial charge is 0.407 e. The first-order valence-corrected chi connectivity index (χ1v) is 9.78. The molecule has 0 spiro atoms. The van der Waals surface area contributed by atoms with E-state index in [0.29, 0.717) is 17.1 Å². The molecule has 0 bridgehead atoms. The van der Waals surface area contributed by atoms with Gasteiger partial charge in [-0.3, -0.25) is 0 Å². The van der Waals surface area contributed by atoms with Crippen molar-refractivity contribution in [1.82, 2.24) is 10.3 Å². The average molecular weight is 436 g/mol. The van der Waals surface area contributed by atoms with Crippen LogP contribution in [0, 0.1) is 12.2 Å². The number of benzene rings is 2. The monoisotopic (exact) mass is 436 g/mol. The summed E-state index contributed by atoms with van der Waals surface area (Å²) in [7, 11) is 0. The van der Waals surface area contributed by atoms with Gasteiger partial charge in [0.15, 0.2) is 24.4 Å². The van der Waals surface area contributed by atoms with Crippen LogP contribution in [0.3, 0.4) is 0 Å². The number of carbonyl (C=O) groups is 1. The third-order valence-electron chi connectivity index (χ3n) is 3.91. The van der Waals surface area contributed by atoms with Crippen LogP contribution >= 0.6 is 0 Å². The second kappa shape index (κ2) is 10.6. The molecule has 0 saturated heterocycles. The molecule has 0 radical (unpaired) electrons. The highest BCUT2D eigenvalue weighted by Crippen LogP contribution is 2.20. The molecule has 9 heteroatoms. The van der Waals surface area contributed by atoms with Gasteiger partial charge in [-0.1, -0.05) is 18.2 Å². The zero-order valence-corrected chi connectivity index (χ0v) is 18.0. The number of anilines is 2. The summed E-state index contributed by atoms with van der Waals surface area (Å²) in [6, 6.07) is 14.7. The lowest BCUT2D eigenvalue weighted by atomic mass is 10.2. The van der Waals surface area contributed by atoms with Crippen LogP contribution in [0.4, 0.5) is 16.2 Å². The van der Waals surface area contributed by atoms with Crippen LogP contribution in [-0.4, -0.2) is 16.7 Å². The minimum atomic E-state index is -0.562. The van der Waals surface area contributed by atoms with Crippen LogP contribution in [-0.2, 0) is 21.0 Å². The third-order valence-corrected chi connectivity index (χ3v) is 3.91. The second-order valence-electron chi connectivity index (χ2n) is 7.57. The van der Waals surface area contributed by atoms with E-state index in [2.05, 4.69) is 33.5 Å². The van der Waals surface area contributed by atoms with Gasteiger partial charge in [-0.2, -0.15) is 0 Å². The van der Waals surface area contributed by atoms with Crippen molar-refractivity contribution in [2.75, 3.05) is 11.0 Å². The molecule has 0 aliphatic carbocycles. The molecule has 9 nitrogen and oxygen atoms in total. The van der Waals surface area contributed by atoms with Gasteiger partial charge in [0.2, 0.25) is 0 Å². The highest BCUT2D eigenvalue weighted by molar-refractivity contribution is 5.68. The van der Waals surface area contributed by atoms with Gasteiger partial charge in [-0.25, -0.2) is 20.7 Å². The quantitative estimate of drug-likeness (QED) is 0.362. The standard InChI is InChI=1S/C23H24N4O5/c1-23(2,3)32-22(28)25-14-18-6-4-5-7-20(18)27-31-13-12-30-26-19-10-8-17(9-11-19)21-15-24-16-29-21/h4-11,15-16,26-27H,14H2,1-3H3,(H,25,28). The summed E-state index contributed by atoms with van der Waals surface area (Å²) in [5, 5.41) is 2.70. The number of nitrogens with one attached hydrogen (secondary N) is 3. The summed E-state index contributed by atoms with van der Waals surface area (Å²) < 4.78 is 10.5. The summed E-state index contributed by atoms with van der Waals surface area (Å²) in [6.45, 7) is 5.68. The van der Waals surface area contributed by atoms with E-state index in [1.807, 2.05) is 42.5 Å². The molecule has 3 rings (SSSR count). The first-order valence-electron chi connectivity index (χ1n) is 9.78. The van der Waals surface area contributed by atoms with E-state index in [9.17, 15) is 4.79 Å². The van der Waals surface area contributed by atoms with Gasteiger partial charge in [0.25, 0.3) is 0 Å². The van der Waals surface area contributed by atoms with Crippen molar-refractivity contribution in [2.24, 2.45) is 0 Å². The van der Waals surface area contributed by atoms with Crippen molar-refractivity contribution in [2.45, 2.75) is 32.9 Å². The summed E-state index contributed by atoms with van der Waals surface area (Å²) in [6.07, 6.45) is 7.28. The Hall–Kier alpha value is -4.32. The summed E-state index contributed by atoms with van der Waals surface area (Å²) in [4.78, 5) is 25.9. The van der Waals surface area contributed by atoms with E-state index in [0.717, 1.165) is 11.1 Å². The van der Waals surface area contributed by atoms with E-state index < -0.39 is 11.7 Å². The van der Waals surface area contributed by atoms with Crippen molar-refractivity contribution in [1.29, 1.82) is 0 Å². The fourth-order valence-electron chi connectivity index (χ4n) is 2.52. The molecule has 0 atom stereocenters. The number of oxazole rings is 1. The number of ether oxygens (including phenoxy) is 1. The highest BCUT2D eigenvalue weighted by Gasteiger charge is 2.16. The van der Waals surface area contributed by atoms with Crippen LogP contribution in [0.15, 0.2) is 65.5 Å². The van der Waals surface area contributed by atoms with Crippen molar-refractivity contribution in [3.05, 3.63) is 66.7 Å². The SMILES string of the molecule is CC(C)(C)OC(=O)NCc1ccccc1NOC#CONc1ccc(-c2cnco2)cc1. The molecule has 1 amide bonds. The molecule has 32 heavy (non-hydrogen) atoms. The highest BCUT2D eigenvalue weighted by atomic mass is 16.7. The lowest BCUT2D eigenvalue weighted by Gasteiger charge is -2.20. The van der Waals surface area contributed by atoms with Crippen LogP contribution in [0.25, 0.3) is 11.3 Å². The second-order valence-corrected chi connectivity index (χ2v) is 7.57. The minimum absolute atomic E-state index is 0.261. The summed E-state index contributed by atoms with van der Waals surface area (Å²) >= 11 is 0. The largest absolute Gasteiger partial charge is 0.444 e. The molecule has 0 saturated carbocycles. The van der Waals surface area contributed by atoms with E-state index in [1.165, 1.54) is 6.39 Å². The van der Waals surface area contributed by atoms with E-state index in [-0.39, 0.29) is 6.54 Å². The van der Waals surface area contributed by atoms with E-state index in [1.54, 1.807) is 33.0 Å². The molecule has 3 aromatic rings. The van der Waals surface area contributed by atoms with Crippen LogP contribution in [0.5, 0.6) is 0 Å². The Bertz CT molecular complexity index is 1060. The van der Waals surface area contributed by atoms with Gasteiger partial charge in [0, 0.05) is 12.1 Å². The number of alkyl carbamates (subject to hydrolysis) is 1. The van der Waals surface area contributed by atoms with Crippen LogP contribution < -0.4 is 16.3 Å². The molecule has 0 unspecified atom stereocenters. The number of aromatic nitrogens is 1. The predicted molar refractivity (Wildman–Crippen MR) is 119 cm³/mol. The molecule has 0 aliphatic rings. The Morgan fingerprint density at radius 1 is 1.03 bits per heavy atom. The molecule has 0 aliphatic heterocycles. The Morgan fingerprint density at radius 2 is 1.75 bits per heavy atom. The topological polar surface area (TPSA) is 107 Å². The predicted octanol–water partition coefficient (Wildman–Crippen LogP) is 4.67. The first-order chi connectivity index (χ1) is 15.4. The molecule has 2 aromatic carbocycles. The Balaban J connectivity index is 1.43. The van der Waals surface area contributed by atoms with Crippen molar-refractivity contribution >= 4 is 17.5 Å². The average Bonchev–Trinajstić information content (AvgIpc) is 3.29. The van der Waals surface area contributed by atoms with Crippen LogP contribution in [0.1, 0.15) is 26.3 Å². The number of rotatable bonds is 7. The molecule has 1 aromatic heterocycles. The maximum absolute atomic E-state index is 11.8. The molecular formula is C23H24N4O5. The number of para-hydroxylation sites is 1. The molecule has 0 fully saturated rings. The van der Waals surface area contributed by atoms with Crippen molar-refractivity contribution in [3.63, 3.8) is 0 Å². The van der Waals surface area contributed by atoms with E-state index in [4.69, 9.17) is 18.8 Å². The fourth-order valence-corrected chi connectivity index (χ4v) is 2.52.